The van der Waals surface area contributed by atoms with E-state index >= 15 is 0 Å². The van der Waals surface area contributed by atoms with Gasteiger partial charge < -0.3 is 14.6 Å². The molecular weight excluding hydrogens is 332 g/mol. The van der Waals surface area contributed by atoms with Crippen molar-refractivity contribution in [3.8, 4) is 0 Å². The van der Waals surface area contributed by atoms with Crippen LogP contribution < -0.4 is 10.2 Å². The van der Waals surface area contributed by atoms with E-state index in [9.17, 15) is 4.79 Å². The molecule has 0 atom stereocenters. The average molecular weight is 344 g/mol. The van der Waals surface area contributed by atoms with Crippen LogP contribution in [0.4, 0.5) is 11.4 Å². The van der Waals surface area contributed by atoms with Crippen molar-refractivity contribution < 1.29 is 9.21 Å². The van der Waals surface area contributed by atoms with Crippen LogP contribution in [0.15, 0.2) is 39.4 Å². The molecule has 0 aliphatic heterocycles. The van der Waals surface area contributed by atoms with E-state index in [-0.39, 0.29) is 11.1 Å². The second kappa shape index (κ2) is 5.67. The van der Waals surface area contributed by atoms with Gasteiger partial charge in [-0.05, 0) is 35.9 Å². The first-order valence-corrected chi connectivity index (χ1v) is 6.67. The zero-order valence-electron chi connectivity index (χ0n) is 10.4. The van der Waals surface area contributed by atoms with Gasteiger partial charge in [-0.1, -0.05) is 15.9 Å². The predicted octanol–water partition coefficient (Wildman–Crippen LogP) is 4.01. The van der Waals surface area contributed by atoms with Crippen LogP contribution >= 0.6 is 27.5 Å². The maximum Gasteiger partial charge on any atom is 0.260 e. The molecule has 100 valence electrons. The standard InChI is InChI=1S/C13H12BrClN2O2/c1-17(2)11-4-3-8(14)7-10(11)16-13(18)9-5-6-19-12(9)15/h3-7H,1-2H3,(H,16,18). The molecule has 0 aliphatic rings. The van der Waals surface area contributed by atoms with Crippen LogP contribution in [0.2, 0.25) is 5.22 Å². The summed E-state index contributed by atoms with van der Waals surface area (Å²) in [6.45, 7) is 0. The van der Waals surface area contributed by atoms with Gasteiger partial charge in [0.2, 0.25) is 5.22 Å². The number of anilines is 2. The third-order valence-corrected chi connectivity index (χ3v) is 3.34. The molecule has 0 fully saturated rings. The number of halogens is 2. The lowest BCUT2D eigenvalue weighted by molar-refractivity contribution is 0.102. The van der Waals surface area contributed by atoms with Gasteiger partial charge >= 0.3 is 0 Å². The minimum atomic E-state index is -0.306. The minimum Gasteiger partial charge on any atom is -0.452 e. The highest BCUT2D eigenvalue weighted by Crippen LogP contribution is 2.29. The fourth-order valence-electron chi connectivity index (χ4n) is 1.64. The Kier molecular flexibility index (Phi) is 4.17. The average Bonchev–Trinajstić information content (AvgIpc) is 2.75. The summed E-state index contributed by atoms with van der Waals surface area (Å²) in [6, 6.07) is 7.19. The summed E-state index contributed by atoms with van der Waals surface area (Å²) < 4.78 is 5.79. The van der Waals surface area contributed by atoms with Crippen molar-refractivity contribution in [2.24, 2.45) is 0 Å². The van der Waals surface area contributed by atoms with E-state index in [4.69, 9.17) is 16.0 Å². The molecule has 0 saturated carbocycles. The van der Waals surface area contributed by atoms with Crippen molar-refractivity contribution in [3.63, 3.8) is 0 Å². The van der Waals surface area contributed by atoms with Gasteiger partial charge in [-0.2, -0.15) is 0 Å². The van der Waals surface area contributed by atoms with Crippen LogP contribution in [0, 0.1) is 0 Å². The topological polar surface area (TPSA) is 45.5 Å². The van der Waals surface area contributed by atoms with Gasteiger partial charge in [0.15, 0.2) is 0 Å². The number of nitrogens with zero attached hydrogens (tertiary/aromatic N) is 1. The van der Waals surface area contributed by atoms with Crippen molar-refractivity contribution in [1.29, 1.82) is 0 Å². The highest BCUT2D eigenvalue weighted by molar-refractivity contribution is 9.10. The van der Waals surface area contributed by atoms with E-state index in [0.29, 0.717) is 11.3 Å². The minimum absolute atomic E-state index is 0.0823. The summed E-state index contributed by atoms with van der Waals surface area (Å²) in [5.41, 5.74) is 1.91. The molecule has 1 aromatic carbocycles. The van der Waals surface area contributed by atoms with Gasteiger partial charge in [-0.15, -0.1) is 0 Å². The summed E-state index contributed by atoms with van der Waals surface area (Å²) in [6.07, 6.45) is 1.38. The molecule has 1 aromatic heterocycles. The van der Waals surface area contributed by atoms with E-state index in [0.717, 1.165) is 10.2 Å². The Morgan fingerprint density at radius 2 is 2.11 bits per heavy atom. The number of hydrogen-bond acceptors (Lipinski definition) is 3. The van der Waals surface area contributed by atoms with E-state index in [1.54, 1.807) is 0 Å². The highest BCUT2D eigenvalue weighted by Gasteiger charge is 2.15. The van der Waals surface area contributed by atoms with Crippen molar-refractivity contribution >= 4 is 44.8 Å². The quantitative estimate of drug-likeness (QED) is 0.915. The van der Waals surface area contributed by atoms with Crippen LogP contribution in [0.1, 0.15) is 10.4 Å². The number of furan rings is 1. The number of carbonyl (C=O) groups is 1. The van der Waals surface area contributed by atoms with E-state index in [2.05, 4.69) is 21.2 Å². The zero-order valence-corrected chi connectivity index (χ0v) is 12.7. The monoisotopic (exact) mass is 342 g/mol. The Morgan fingerprint density at radius 1 is 1.37 bits per heavy atom. The van der Waals surface area contributed by atoms with Crippen LogP contribution in [0.5, 0.6) is 0 Å². The Morgan fingerprint density at radius 3 is 2.68 bits per heavy atom. The molecule has 1 N–H and O–H groups in total. The van der Waals surface area contributed by atoms with Crippen molar-refractivity contribution in [2.75, 3.05) is 24.3 Å². The normalized spacial score (nSPS) is 10.3. The molecule has 1 heterocycles. The maximum absolute atomic E-state index is 12.1. The smallest absolute Gasteiger partial charge is 0.260 e. The lowest BCUT2D eigenvalue weighted by Crippen LogP contribution is -2.16. The number of benzene rings is 1. The van der Waals surface area contributed by atoms with Gasteiger partial charge in [-0.25, -0.2) is 0 Å². The van der Waals surface area contributed by atoms with Crippen molar-refractivity contribution in [3.05, 3.63) is 45.8 Å². The molecule has 0 spiro atoms. The molecule has 0 saturated heterocycles. The number of amides is 1. The van der Waals surface area contributed by atoms with Crippen LogP contribution in [-0.4, -0.2) is 20.0 Å². The fraction of sp³-hybridized carbons (Fsp3) is 0.154. The molecule has 2 aromatic rings. The molecular formula is C13H12BrClN2O2. The van der Waals surface area contributed by atoms with Crippen LogP contribution in [0.25, 0.3) is 0 Å². The van der Waals surface area contributed by atoms with Crippen molar-refractivity contribution in [1.82, 2.24) is 0 Å². The van der Waals surface area contributed by atoms with E-state index in [1.807, 2.05) is 37.2 Å². The first-order chi connectivity index (χ1) is 8.99. The Labute approximate surface area is 124 Å². The Balaban J connectivity index is 2.31. The lowest BCUT2D eigenvalue weighted by atomic mass is 10.2. The summed E-state index contributed by atoms with van der Waals surface area (Å²) >= 11 is 9.17. The Hall–Kier alpha value is -1.46. The highest BCUT2D eigenvalue weighted by atomic mass is 79.9. The molecule has 1 amide bonds. The van der Waals surface area contributed by atoms with Gasteiger partial charge in [0.05, 0.1) is 23.2 Å². The molecule has 19 heavy (non-hydrogen) atoms. The number of rotatable bonds is 3. The predicted molar refractivity (Wildman–Crippen MR) is 80.1 cm³/mol. The molecule has 2 rings (SSSR count). The van der Waals surface area contributed by atoms with E-state index in [1.165, 1.54) is 12.3 Å². The van der Waals surface area contributed by atoms with Gasteiger partial charge in [0.1, 0.15) is 0 Å². The summed E-state index contributed by atoms with van der Waals surface area (Å²) in [4.78, 5) is 14.0. The van der Waals surface area contributed by atoms with Crippen LogP contribution in [-0.2, 0) is 0 Å². The number of hydrogen-bond donors (Lipinski definition) is 1. The third-order valence-electron chi connectivity index (χ3n) is 2.55. The maximum atomic E-state index is 12.1. The number of carbonyl (C=O) groups excluding carboxylic acids is 1. The van der Waals surface area contributed by atoms with Gasteiger partial charge in [0, 0.05) is 18.6 Å². The molecule has 6 heteroatoms. The van der Waals surface area contributed by atoms with Gasteiger partial charge in [0.25, 0.3) is 5.91 Å². The Bertz CT molecular complexity index is 610. The molecule has 4 nitrogen and oxygen atoms in total. The molecule has 0 unspecified atom stereocenters. The first-order valence-electron chi connectivity index (χ1n) is 5.50. The fourth-order valence-corrected chi connectivity index (χ4v) is 2.21. The zero-order chi connectivity index (χ0) is 14.0. The van der Waals surface area contributed by atoms with Crippen LogP contribution in [0.3, 0.4) is 0 Å². The number of nitrogens with one attached hydrogen (secondary N) is 1. The molecule has 0 aliphatic carbocycles. The van der Waals surface area contributed by atoms with E-state index < -0.39 is 0 Å². The third kappa shape index (κ3) is 3.11. The summed E-state index contributed by atoms with van der Waals surface area (Å²) in [7, 11) is 3.81. The molecule has 0 bridgehead atoms. The molecule has 0 radical (unpaired) electrons. The summed E-state index contributed by atoms with van der Waals surface area (Å²) in [5, 5.41) is 2.90. The van der Waals surface area contributed by atoms with Crippen molar-refractivity contribution in [2.45, 2.75) is 0 Å². The SMILES string of the molecule is CN(C)c1ccc(Br)cc1NC(=O)c1ccoc1Cl. The second-order valence-corrected chi connectivity index (χ2v) is 5.38. The first kappa shape index (κ1) is 14.0. The largest absolute Gasteiger partial charge is 0.452 e. The summed E-state index contributed by atoms with van der Waals surface area (Å²) in [5.74, 6) is -0.306. The lowest BCUT2D eigenvalue weighted by Gasteiger charge is -2.18. The second-order valence-electron chi connectivity index (χ2n) is 4.12. The van der Waals surface area contributed by atoms with Gasteiger partial charge in [-0.3, -0.25) is 4.79 Å².